The summed E-state index contributed by atoms with van der Waals surface area (Å²) in [6.07, 6.45) is 1.64. The largest absolute Gasteiger partial charge is 0.499 e. The zero-order chi connectivity index (χ0) is 45.7. The van der Waals surface area contributed by atoms with Gasteiger partial charge >= 0.3 is 0 Å². The van der Waals surface area contributed by atoms with Crippen LogP contribution in [-0.2, 0) is 86.9 Å². The van der Waals surface area contributed by atoms with Gasteiger partial charge in [-0.05, 0) is 67.9 Å². The third kappa shape index (κ3) is 146. The molecule has 0 aromatic rings. The Morgan fingerprint density at radius 1 is 0.367 bits per heavy atom. The molecule has 357 valence electrons. The fourth-order valence-electron chi connectivity index (χ4n) is 2.12. The number of hydrogen-bond acceptors (Lipinski definition) is 13. The topological polar surface area (TPSA) is 186 Å². The molecule has 6 N–H and O–H groups in total. The summed E-state index contributed by atoms with van der Waals surface area (Å²) in [5, 5.41) is 48.0. The van der Waals surface area contributed by atoms with Crippen LogP contribution in [0.2, 0.25) is 0 Å². The van der Waals surface area contributed by atoms with Crippen LogP contribution >= 0.6 is 0 Å². The minimum absolute atomic E-state index is 0. The predicted molar refractivity (Wildman–Crippen MR) is 243 cm³/mol. The number of ether oxygens (including phenoxy) is 7. The van der Waals surface area contributed by atoms with E-state index >= 15 is 0 Å². The number of rotatable bonds is 27. The summed E-state index contributed by atoms with van der Waals surface area (Å²) >= 11 is 0. The summed E-state index contributed by atoms with van der Waals surface area (Å²) in [6.45, 7) is 50.2. The summed E-state index contributed by atoms with van der Waals surface area (Å²) < 4.78 is 35.5. The Bertz CT molecular complexity index is 877. The van der Waals surface area contributed by atoms with E-state index in [1.807, 2.05) is 55.4 Å². The van der Waals surface area contributed by atoms with Crippen molar-refractivity contribution in [1.82, 2.24) is 0 Å². The average Bonchev–Trinajstić information content (AvgIpc) is 3.12. The molecule has 15 heteroatoms. The van der Waals surface area contributed by atoms with E-state index in [9.17, 15) is 0 Å². The van der Waals surface area contributed by atoms with E-state index in [0.29, 0.717) is 85.9 Å². The van der Waals surface area contributed by atoms with Crippen LogP contribution in [-0.4, -0.2) is 156 Å². The van der Waals surface area contributed by atoms with Crippen molar-refractivity contribution in [2.45, 2.75) is 69.7 Å². The first-order valence-electron chi connectivity index (χ1n) is 18.6. The normalized spacial score (nSPS) is 8.65. The molecule has 0 spiro atoms. The fraction of sp³-hybridized carbons (Fsp3) is 0.644. The Morgan fingerprint density at radius 3 is 0.700 bits per heavy atom. The molecule has 0 fully saturated rings. The summed E-state index contributed by atoms with van der Waals surface area (Å²) in [4.78, 5) is 0. The second kappa shape index (κ2) is 75.4. The van der Waals surface area contributed by atoms with E-state index < -0.39 is 0 Å². The molecule has 0 amide bonds. The minimum atomic E-state index is -0.125. The number of allylic oxidation sites excluding steroid dienone is 1. The van der Waals surface area contributed by atoms with Gasteiger partial charge in [-0.15, -0.1) is 0 Å². The summed E-state index contributed by atoms with van der Waals surface area (Å²) in [6, 6.07) is 0. The molecule has 0 aromatic carbocycles. The molecule has 0 bridgehead atoms. The molecule has 13 nitrogen and oxygen atoms in total. The molecule has 0 aliphatic carbocycles. The Morgan fingerprint density at radius 2 is 0.567 bits per heavy atom. The maximum Gasteiger partial charge on any atom is 0.110 e. The Labute approximate surface area is 407 Å². The summed E-state index contributed by atoms with van der Waals surface area (Å²) in [5.74, 6) is 0. The van der Waals surface area contributed by atoms with Gasteiger partial charge in [0, 0.05) is 53.8 Å². The van der Waals surface area contributed by atoms with Gasteiger partial charge in [-0.3, -0.25) is 0 Å². The van der Waals surface area contributed by atoms with E-state index in [4.69, 9.17) is 63.8 Å². The van der Waals surface area contributed by atoms with E-state index in [1.54, 1.807) is 13.2 Å². The molecule has 1 radical (unpaired) electrons. The van der Waals surface area contributed by atoms with E-state index in [2.05, 4.69) is 46.1 Å². The van der Waals surface area contributed by atoms with Crippen LogP contribution in [0.5, 0.6) is 0 Å². The SMILES string of the molecule is C.C=C(C)CO.C=C(C)COCCO.C=C(C)COCCO.C=C(C)COCCOCC(=C)C.C=C(C)COCCOCC(=C)C.CC(C)=COCCO.OCCO.[W].[Y]. The van der Waals surface area contributed by atoms with Crippen LogP contribution in [0.1, 0.15) is 69.7 Å². The third-order valence-electron chi connectivity index (χ3n) is 4.20. The van der Waals surface area contributed by atoms with Gasteiger partial charge < -0.3 is 63.8 Å². The molecular weight excluding hydrogens is 1020 g/mol. The second-order valence-electron chi connectivity index (χ2n) is 12.9. The first-order chi connectivity index (χ1) is 26.7. The summed E-state index contributed by atoms with van der Waals surface area (Å²) in [5.41, 5.74) is 8.04. The molecule has 0 saturated carbocycles. The van der Waals surface area contributed by atoms with Crippen LogP contribution in [0, 0.1) is 0 Å². The van der Waals surface area contributed by atoms with Crippen molar-refractivity contribution in [3.63, 3.8) is 0 Å². The molecule has 0 unspecified atom stereocenters. The smallest absolute Gasteiger partial charge is 0.110 e. The van der Waals surface area contributed by atoms with Crippen LogP contribution < -0.4 is 0 Å². The van der Waals surface area contributed by atoms with Crippen LogP contribution in [0.25, 0.3) is 0 Å². The Balaban J connectivity index is -0.0000000618. The Hall–Kier alpha value is -0.968. The van der Waals surface area contributed by atoms with Crippen LogP contribution in [0.4, 0.5) is 0 Å². The maximum absolute atomic E-state index is 8.22. The van der Waals surface area contributed by atoms with Crippen LogP contribution in [0.3, 0.4) is 0 Å². The van der Waals surface area contributed by atoms with Gasteiger partial charge in [0.2, 0.25) is 0 Å². The van der Waals surface area contributed by atoms with Gasteiger partial charge in [0.25, 0.3) is 0 Å². The monoisotopic (exact) mass is 1110 g/mol. The molecule has 0 aromatic heterocycles. The molecule has 0 aliphatic rings. The van der Waals surface area contributed by atoms with Crippen molar-refractivity contribution in [1.29, 1.82) is 0 Å². The first kappa shape index (κ1) is 82.7. The predicted octanol–water partition coefficient (Wildman–Crippen LogP) is 6.56. The van der Waals surface area contributed by atoms with Gasteiger partial charge in [-0.2, -0.15) is 0 Å². The van der Waals surface area contributed by atoms with Crippen molar-refractivity contribution in [3.8, 4) is 0 Å². The molecule has 0 atom stereocenters. The number of aliphatic hydroxyl groups is 6. The molecule has 0 rings (SSSR count). The number of aliphatic hydroxyl groups excluding tert-OH is 6. The minimum Gasteiger partial charge on any atom is -0.499 e. The summed E-state index contributed by atoms with van der Waals surface area (Å²) in [7, 11) is 0. The van der Waals surface area contributed by atoms with Gasteiger partial charge in [0.05, 0.1) is 125 Å². The number of hydrogen-bond donors (Lipinski definition) is 6. The zero-order valence-corrected chi connectivity index (χ0v) is 44.3. The quantitative estimate of drug-likeness (QED) is 0.0296. The zero-order valence-electron chi connectivity index (χ0n) is 38.5. The van der Waals surface area contributed by atoms with Crippen LogP contribution in [0.15, 0.2) is 96.9 Å². The molecule has 0 aliphatic heterocycles. The fourth-order valence-corrected chi connectivity index (χ4v) is 2.12. The van der Waals surface area contributed by atoms with Crippen molar-refractivity contribution in [3.05, 3.63) is 96.9 Å². The van der Waals surface area contributed by atoms with Gasteiger partial charge in [-0.25, -0.2) is 0 Å². The van der Waals surface area contributed by atoms with Crippen molar-refractivity contribution >= 4 is 0 Å². The van der Waals surface area contributed by atoms with Gasteiger partial charge in [0.1, 0.15) is 6.61 Å². The average molecular weight is 1110 g/mol. The van der Waals surface area contributed by atoms with Crippen molar-refractivity contribution < 1.29 is 118 Å². The molecule has 0 saturated heterocycles. The van der Waals surface area contributed by atoms with E-state index in [-0.39, 0.29) is 101 Å². The maximum atomic E-state index is 8.22. The standard InChI is InChI=1S/2C10H18O2.3C6H12O2.C4H8O.C2H6O2.CH4.W.Y/c2*1-9(2)7-11-5-6-12-8-10(3)4;3*1-6(2)5-8-4-3-7;1-4(2)3-5;3-1-2-4;;;/h2*1,3,5-8H2,2,4H3;5,7H,3-4H2,1-2H3;2*7H,1,3-5H2,2H3;5H,1,3H2,2H3;3-4H,1-2H2;1H4;;. The van der Waals surface area contributed by atoms with Crippen molar-refractivity contribution in [2.75, 3.05) is 126 Å². The van der Waals surface area contributed by atoms with Gasteiger partial charge in [-0.1, -0.05) is 92.5 Å². The second-order valence-corrected chi connectivity index (χ2v) is 12.9. The molecule has 0 heterocycles. The Kier molecular flexibility index (Phi) is 104. The molecular formula is C45H90O13WY. The van der Waals surface area contributed by atoms with Crippen molar-refractivity contribution in [2.24, 2.45) is 0 Å². The van der Waals surface area contributed by atoms with E-state index in [0.717, 1.165) is 44.6 Å². The van der Waals surface area contributed by atoms with E-state index in [1.165, 1.54) is 0 Å². The van der Waals surface area contributed by atoms with Gasteiger partial charge in [0.15, 0.2) is 0 Å². The first-order valence-corrected chi connectivity index (χ1v) is 18.6. The molecule has 60 heavy (non-hydrogen) atoms. The third-order valence-corrected chi connectivity index (χ3v) is 4.20.